The smallest absolute Gasteiger partial charge is 0.127 e. The molecule has 0 fully saturated rings. The number of nitrogens with one attached hydrogen (secondary N) is 1. The second-order valence-electron chi connectivity index (χ2n) is 5.15. The molecule has 1 aromatic rings. The maximum Gasteiger partial charge on any atom is 0.127 e. The van der Waals surface area contributed by atoms with Gasteiger partial charge in [-0.2, -0.15) is 0 Å². The molecule has 0 bridgehead atoms. The zero-order valence-electron chi connectivity index (χ0n) is 11.2. The molecule has 1 aromatic carbocycles. The zero-order valence-corrected chi connectivity index (χ0v) is 11.2. The van der Waals surface area contributed by atoms with Crippen LogP contribution in [0.5, 0.6) is 5.75 Å². The van der Waals surface area contributed by atoms with Gasteiger partial charge in [-0.3, -0.25) is 0 Å². The second kappa shape index (κ2) is 6.03. The minimum Gasteiger partial charge on any atom is -0.496 e. The standard InChI is InChI=1S/C14H23NO2/c1-14(2,3)12-7-5-6-11(13(12)17-4)10-15-8-9-16/h5-7,15-16H,8-10H2,1-4H3. The molecular formula is C14H23NO2. The molecule has 2 N–H and O–H groups in total. The summed E-state index contributed by atoms with van der Waals surface area (Å²) in [6.45, 7) is 8.00. The monoisotopic (exact) mass is 237 g/mol. The summed E-state index contributed by atoms with van der Waals surface area (Å²) in [5.74, 6) is 0.949. The summed E-state index contributed by atoms with van der Waals surface area (Å²) in [5.41, 5.74) is 2.41. The zero-order chi connectivity index (χ0) is 12.9. The minimum absolute atomic E-state index is 0.0678. The molecule has 0 aliphatic rings. The molecule has 0 saturated carbocycles. The number of hydrogen-bond acceptors (Lipinski definition) is 3. The van der Waals surface area contributed by atoms with Crippen LogP contribution in [0.4, 0.5) is 0 Å². The highest BCUT2D eigenvalue weighted by Crippen LogP contribution is 2.33. The van der Waals surface area contributed by atoms with E-state index in [2.05, 4.69) is 44.3 Å². The molecule has 0 heterocycles. The van der Waals surface area contributed by atoms with E-state index in [4.69, 9.17) is 9.84 Å². The molecule has 3 nitrogen and oxygen atoms in total. The van der Waals surface area contributed by atoms with Crippen LogP contribution in [0.15, 0.2) is 18.2 Å². The van der Waals surface area contributed by atoms with Gasteiger partial charge in [0.25, 0.3) is 0 Å². The number of rotatable bonds is 5. The fourth-order valence-electron chi connectivity index (χ4n) is 1.86. The summed E-state index contributed by atoms with van der Waals surface area (Å²) in [5, 5.41) is 11.9. The third kappa shape index (κ3) is 3.72. The van der Waals surface area contributed by atoms with Crippen molar-refractivity contribution in [3.05, 3.63) is 29.3 Å². The van der Waals surface area contributed by atoms with E-state index in [1.165, 1.54) is 5.56 Å². The number of aliphatic hydroxyl groups excluding tert-OH is 1. The van der Waals surface area contributed by atoms with Gasteiger partial charge < -0.3 is 15.2 Å². The molecule has 1 rings (SSSR count). The topological polar surface area (TPSA) is 41.5 Å². The molecule has 0 atom stereocenters. The van der Waals surface area contributed by atoms with Gasteiger partial charge in [-0.15, -0.1) is 0 Å². The molecule has 0 aliphatic carbocycles. The summed E-state index contributed by atoms with van der Waals surface area (Å²) in [6.07, 6.45) is 0. The molecule has 0 amide bonds. The number of aliphatic hydroxyl groups is 1. The van der Waals surface area contributed by atoms with E-state index in [9.17, 15) is 0 Å². The van der Waals surface area contributed by atoms with E-state index in [-0.39, 0.29) is 12.0 Å². The van der Waals surface area contributed by atoms with Crippen LogP contribution in [0.1, 0.15) is 31.9 Å². The molecule has 3 heteroatoms. The van der Waals surface area contributed by atoms with Gasteiger partial charge in [-0.05, 0) is 11.0 Å². The van der Waals surface area contributed by atoms with Gasteiger partial charge >= 0.3 is 0 Å². The minimum atomic E-state index is 0.0678. The van der Waals surface area contributed by atoms with Crippen LogP contribution in [-0.4, -0.2) is 25.4 Å². The summed E-state index contributed by atoms with van der Waals surface area (Å²) >= 11 is 0. The number of para-hydroxylation sites is 1. The highest BCUT2D eigenvalue weighted by Gasteiger charge is 2.20. The molecule has 17 heavy (non-hydrogen) atoms. The number of benzene rings is 1. The second-order valence-corrected chi connectivity index (χ2v) is 5.15. The Morgan fingerprint density at radius 3 is 2.53 bits per heavy atom. The predicted molar refractivity (Wildman–Crippen MR) is 70.5 cm³/mol. The van der Waals surface area contributed by atoms with Crippen molar-refractivity contribution in [1.29, 1.82) is 0 Å². The fourth-order valence-corrected chi connectivity index (χ4v) is 1.86. The van der Waals surface area contributed by atoms with Crippen molar-refractivity contribution in [3.63, 3.8) is 0 Å². The largest absolute Gasteiger partial charge is 0.496 e. The number of methoxy groups -OCH3 is 1. The third-order valence-corrected chi connectivity index (χ3v) is 2.71. The predicted octanol–water partition coefficient (Wildman–Crippen LogP) is 2.07. The Morgan fingerprint density at radius 2 is 2.00 bits per heavy atom. The maximum atomic E-state index is 8.76. The van der Waals surface area contributed by atoms with Crippen molar-refractivity contribution in [2.75, 3.05) is 20.3 Å². The first-order chi connectivity index (χ1) is 8.00. The van der Waals surface area contributed by atoms with E-state index in [1.54, 1.807) is 7.11 Å². The maximum absolute atomic E-state index is 8.76. The molecule has 0 unspecified atom stereocenters. The Balaban J connectivity index is 2.98. The molecule has 0 aromatic heterocycles. The van der Waals surface area contributed by atoms with E-state index in [1.807, 2.05) is 0 Å². The average molecular weight is 237 g/mol. The summed E-state index contributed by atoms with van der Waals surface area (Å²) in [6, 6.07) is 6.21. The lowest BCUT2D eigenvalue weighted by molar-refractivity contribution is 0.291. The van der Waals surface area contributed by atoms with E-state index in [0.29, 0.717) is 13.1 Å². The van der Waals surface area contributed by atoms with Gasteiger partial charge in [0, 0.05) is 18.7 Å². The Morgan fingerprint density at radius 1 is 1.29 bits per heavy atom. The van der Waals surface area contributed by atoms with Crippen LogP contribution in [0.2, 0.25) is 0 Å². The van der Waals surface area contributed by atoms with Crippen molar-refractivity contribution in [2.45, 2.75) is 32.7 Å². The first-order valence-corrected chi connectivity index (χ1v) is 5.98. The SMILES string of the molecule is COc1c(CNCCO)cccc1C(C)(C)C. The van der Waals surface area contributed by atoms with Crippen LogP contribution in [0.3, 0.4) is 0 Å². The quantitative estimate of drug-likeness (QED) is 0.770. The molecule has 0 saturated heterocycles. The first kappa shape index (κ1) is 14.0. The lowest BCUT2D eigenvalue weighted by Crippen LogP contribution is -2.19. The van der Waals surface area contributed by atoms with Crippen molar-refractivity contribution >= 4 is 0 Å². The van der Waals surface area contributed by atoms with Crippen molar-refractivity contribution in [1.82, 2.24) is 5.32 Å². The lowest BCUT2D eigenvalue weighted by Gasteiger charge is -2.24. The fraction of sp³-hybridized carbons (Fsp3) is 0.571. The Labute approximate surface area is 104 Å². The summed E-state index contributed by atoms with van der Waals surface area (Å²) < 4.78 is 5.53. The van der Waals surface area contributed by atoms with Gasteiger partial charge in [0.15, 0.2) is 0 Å². The van der Waals surface area contributed by atoms with E-state index >= 15 is 0 Å². The van der Waals surface area contributed by atoms with E-state index < -0.39 is 0 Å². The van der Waals surface area contributed by atoms with Crippen LogP contribution >= 0.6 is 0 Å². The van der Waals surface area contributed by atoms with Crippen molar-refractivity contribution in [3.8, 4) is 5.75 Å². The Bertz CT molecular complexity index is 356. The number of ether oxygens (including phenoxy) is 1. The van der Waals surface area contributed by atoms with Crippen LogP contribution in [-0.2, 0) is 12.0 Å². The molecule has 0 radical (unpaired) electrons. The van der Waals surface area contributed by atoms with Gasteiger partial charge in [0.1, 0.15) is 5.75 Å². The molecule has 0 aliphatic heterocycles. The highest BCUT2D eigenvalue weighted by atomic mass is 16.5. The third-order valence-electron chi connectivity index (χ3n) is 2.71. The van der Waals surface area contributed by atoms with Gasteiger partial charge in [0.05, 0.1) is 13.7 Å². The Hall–Kier alpha value is -1.06. The lowest BCUT2D eigenvalue weighted by atomic mass is 9.85. The van der Waals surface area contributed by atoms with E-state index in [0.717, 1.165) is 11.3 Å². The van der Waals surface area contributed by atoms with Crippen LogP contribution in [0.25, 0.3) is 0 Å². The van der Waals surface area contributed by atoms with Crippen molar-refractivity contribution < 1.29 is 9.84 Å². The number of hydrogen-bond donors (Lipinski definition) is 2. The Kier molecular flexibility index (Phi) is 4.97. The van der Waals surface area contributed by atoms with Crippen LogP contribution in [0, 0.1) is 0 Å². The summed E-state index contributed by atoms with van der Waals surface area (Å²) in [7, 11) is 1.71. The normalized spacial score (nSPS) is 11.6. The first-order valence-electron chi connectivity index (χ1n) is 5.98. The molecule has 96 valence electrons. The van der Waals surface area contributed by atoms with Gasteiger partial charge in [-0.1, -0.05) is 39.0 Å². The van der Waals surface area contributed by atoms with Gasteiger partial charge in [-0.25, -0.2) is 0 Å². The average Bonchev–Trinajstić information content (AvgIpc) is 2.28. The van der Waals surface area contributed by atoms with Crippen molar-refractivity contribution in [2.24, 2.45) is 0 Å². The van der Waals surface area contributed by atoms with Gasteiger partial charge in [0.2, 0.25) is 0 Å². The highest BCUT2D eigenvalue weighted by molar-refractivity contribution is 5.45. The van der Waals surface area contributed by atoms with Crippen LogP contribution < -0.4 is 10.1 Å². The molecule has 0 spiro atoms. The molecular weight excluding hydrogens is 214 g/mol. The summed E-state index contributed by atoms with van der Waals surface area (Å²) in [4.78, 5) is 0.